The Morgan fingerprint density at radius 1 is 1.14 bits per heavy atom. The highest BCUT2D eigenvalue weighted by Crippen LogP contribution is 2.40. The number of carbonyl (C=O) groups is 2. The van der Waals surface area contributed by atoms with Gasteiger partial charge in [-0.05, 0) is 47.7 Å². The van der Waals surface area contributed by atoms with Crippen LogP contribution in [-0.2, 0) is 11.3 Å². The van der Waals surface area contributed by atoms with Crippen LogP contribution in [-0.4, -0.2) is 37.1 Å². The first kappa shape index (κ1) is 19.5. The summed E-state index contributed by atoms with van der Waals surface area (Å²) in [4.78, 5) is 26.8. The quantitative estimate of drug-likeness (QED) is 0.650. The summed E-state index contributed by atoms with van der Waals surface area (Å²) in [6, 6.07) is 8.53. The van der Waals surface area contributed by atoms with E-state index >= 15 is 0 Å². The molecule has 29 heavy (non-hydrogen) atoms. The van der Waals surface area contributed by atoms with E-state index in [0.29, 0.717) is 44.1 Å². The molecule has 2 heterocycles. The molecule has 0 bridgehead atoms. The molecular weight excluding hydrogens is 418 g/mol. The van der Waals surface area contributed by atoms with Gasteiger partial charge in [-0.2, -0.15) is 0 Å². The highest BCUT2D eigenvalue weighted by atomic mass is 35.5. The van der Waals surface area contributed by atoms with Crippen molar-refractivity contribution in [1.82, 2.24) is 4.90 Å². The van der Waals surface area contributed by atoms with E-state index in [2.05, 4.69) is 0 Å². The van der Waals surface area contributed by atoms with Crippen molar-refractivity contribution in [3.05, 3.63) is 51.4 Å². The van der Waals surface area contributed by atoms with Gasteiger partial charge in [-0.3, -0.25) is 14.5 Å². The van der Waals surface area contributed by atoms with Crippen molar-refractivity contribution in [1.29, 1.82) is 0 Å². The summed E-state index contributed by atoms with van der Waals surface area (Å²) in [7, 11) is 3.08. The van der Waals surface area contributed by atoms with Crippen molar-refractivity contribution in [3.8, 4) is 23.0 Å². The Morgan fingerprint density at radius 3 is 2.62 bits per heavy atom. The van der Waals surface area contributed by atoms with Gasteiger partial charge in [0.25, 0.3) is 11.1 Å². The lowest BCUT2D eigenvalue weighted by Crippen LogP contribution is -2.27. The molecule has 2 amide bonds. The maximum absolute atomic E-state index is 12.9. The van der Waals surface area contributed by atoms with Crippen LogP contribution in [0.15, 0.2) is 35.2 Å². The maximum atomic E-state index is 12.9. The molecule has 1 fully saturated rings. The number of fused-ring (bicyclic) bond motifs is 1. The Balaban J connectivity index is 1.61. The molecule has 1 saturated heterocycles. The molecule has 7 nitrogen and oxygen atoms in total. The molecule has 4 rings (SSSR count). The summed E-state index contributed by atoms with van der Waals surface area (Å²) in [6.45, 7) is 0.147. The van der Waals surface area contributed by atoms with Gasteiger partial charge in [-0.25, -0.2) is 0 Å². The molecule has 9 heteroatoms. The van der Waals surface area contributed by atoms with E-state index in [4.69, 9.17) is 30.5 Å². The molecule has 2 aliphatic rings. The lowest BCUT2D eigenvalue weighted by molar-refractivity contribution is -0.123. The van der Waals surface area contributed by atoms with Crippen LogP contribution >= 0.6 is 23.4 Å². The molecule has 0 aliphatic carbocycles. The average Bonchev–Trinajstić information content (AvgIpc) is 3.27. The normalized spacial score (nSPS) is 16.7. The van der Waals surface area contributed by atoms with Gasteiger partial charge in [0.1, 0.15) is 11.5 Å². The SMILES string of the molecule is COc1ccc(OC)c(/C=C2/SC(=O)N(Cc3cc4c(cc3Cl)OCO4)C2=O)c1. The van der Waals surface area contributed by atoms with Gasteiger partial charge in [0, 0.05) is 16.7 Å². The Hall–Kier alpha value is -2.84. The number of benzene rings is 2. The van der Waals surface area contributed by atoms with Gasteiger partial charge in [-0.15, -0.1) is 0 Å². The van der Waals surface area contributed by atoms with Gasteiger partial charge in [0.15, 0.2) is 11.5 Å². The Labute approximate surface area is 176 Å². The van der Waals surface area contributed by atoms with Gasteiger partial charge in [0.2, 0.25) is 6.79 Å². The zero-order chi connectivity index (χ0) is 20.5. The number of nitrogens with zero attached hydrogens (tertiary/aromatic N) is 1. The van der Waals surface area contributed by atoms with E-state index in [0.717, 1.165) is 16.7 Å². The fourth-order valence-electron chi connectivity index (χ4n) is 2.98. The van der Waals surface area contributed by atoms with Crippen molar-refractivity contribution in [3.63, 3.8) is 0 Å². The van der Waals surface area contributed by atoms with Crippen LogP contribution in [0, 0.1) is 0 Å². The van der Waals surface area contributed by atoms with E-state index in [9.17, 15) is 9.59 Å². The summed E-state index contributed by atoms with van der Waals surface area (Å²) in [5, 5.41) is 0.0172. The zero-order valence-electron chi connectivity index (χ0n) is 15.6. The van der Waals surface area contributed by atoms with Crippen LogP contribution < -0.4 is 18.9 Å². The smallest absolute Gasteiger partial charge is 0.293 e. The predicted octanol–water partition coefficient (Wildman–Crippen LogP) is 4.32. The summed E-state index contributed by atoms with van der Waals surface area (Å²) < 4.78 is 21.2. The first-order chi connectivity index (χ1) is 14.0. The second-order valence-corrected chi connectivity index (χ2v) is 7.57. The van der Waals surface area contributed by atoms with Crippen molar-refractivity contribution in [2.45, 2.75) is 6.54 Å². The Bertz CT molecular complexity index is 1040. The fraction of sp³-hybridized carbons (Fsp3) is 0.200. The maximum Gasteiger partial charge on any atom is 0.293 e. The van der Waals surface area contributed by atoms with Crippen LogP contribution in [0.25, 0.3) is 6.08 Å². The molecule has 2 aromatic carbocycles. The van der Waals surface area contributed by atoms with Crippen molar-refractivity contribution in [2.75, 3.05) is 21.0 Å². The van der Waals surface area contributed by atoms with Crippen LogP contribution in [0.5, 0.6) is 23.0 Å². The number of imide groups is 1. The molecule has 0 radical (unpaired) electrons. The van der Waals surface area contributed by atoms with Gasteiger partial charge in [-0.1, -0.05) is 11.6 Å². The second kappa shape index (κ2) is 7.88. The fourth-order valence-corrected chi connectivity index (χ4v) is 4.02. The van der Waals surface area contributed by atoms with Gasteiger partial charge < -0.3 is 18.9 Å². The minimum absolute atomic E-state index is 0.0345. The Morgan fingerprint density at radius 2 is 1.90 bits per heavy atom. The van der Waals surface area contributed by atoms with Crippen molar-refractivity contribution in [2.24, 2.45) is 0 Å². The monoisotopic (exact) mass is 433 g/mol. The van der Waals surface area contributed by atoms with Crippen LogP contribution in [0.2, 0.25) is 5.02 Å². The molecular formula is C20H16ClNO6S. The number of halogens is 1. The number of rotatable bonds is 5. The van der Waals surface area contributed by atoms with Crippen LogP contribution in [0.3, 0.4) is 0 Å². The molecule has 0 unspecified atom stereocenters. The summed E-state index contributed by atoms with van der Waals surface area (Å²) in [6.07, 6.45) is 1.62. The lowest BCUT2D eigenvalue weighted by Gasteiger charge is -2.14. The third-order valence-electron chi connectivity index (χ3n) is 4.47. The first-order valence-electron chi connectivity index (χ1n) is 8.55. The molecule has 0 spiro atoms. The zero-order valence-corrected chi connectivity index (χ0v) is 17.1. The second-order valence-electron chi connectivity index (χ2n) is 6.17. The molecule has 0 aromatic heterocycles. The molecule has 150 valence electrons. The average molecular weight is 434 g/mol. The standard InChI is InChI=1S/C20H16ClNO6S/c1-25-13-3-4-15(26-2)11(5-13)7-18-19(23)22(20(24)29-18)9-12-6-16-17(8-14(12)21)28-10-27-16/h3-8H,9-10H2,1-2H3/b18-7+. The van der Waals surface area contributed by atoms with E-state index in [1.54, 1.807) is 43.5 Å². The Kier molecular flexibility index (Phi) is 5.29. The number of amides is 2. The number of hydrogen-bond acceptors (Lipinski definition) is 7. The van der Waals surface area contributed by atoms with E-state index in [1.165, 1.54) is 7.11 Å². The number of hydrogen-bond donors (Lipinski definition) is 0. The van der Waals surface area contributed by atoms with E-state index in [-0.39, 0.29) is 18.6 Å². The highest BCUT2D eigenvalue weighted by Gasteiger charge is 2.36. The molecule has 0 atom stereocenters. The van der Waals surface area contributed by atoms with Gasteiger partial charge >= 0.3 is 0 Å². The van der Waals surface area contributed by atoms with Crippen LogP contribution in [0.4, 0.5) is 4.79 Å². The first-order valence-corrected chi connectivity index (χ1v) is 9.75. The topological polar surface area (TPSA) is 74.3 Å². The summed E-state index contributed by atoms with van der Waals surface area (Å²) in [5.41, 5.74) is 1.23. The molecule has 0 N–H and O–H groups in total. The predicted molar refractivity (Wildman–Crippen MR) is 109 cm³/mol. The molecule has 2 aromatic rings. The van der Waals surface area contributed by atoms with Crippen LogP contribution in [0.1, 0.15) is 11.1 Å². The molecule has 0 saturated carbocycles. The number of ether oxygens (including phenoxy) is 4. The number of methoxy groups -OCH3 is 2. The van der Waals surface area contributed by atoms with Crippen molar-refractivity contribution < 1.29 is 28.5 Å². The van der Waals surface area contributed by atoms with Gasteiger partial charge in [0.05, 0.1) is 25.7 Å². The minimum atomic E-state index is -0.404. The largest absolute Gasteiger partial charge is 0.497 e. The lowest BCUT2D eigenvalue weighted by atomic mass is 10.1. The minimum Gasteiger partial charge on any atom is -0.497 e. The summed E-state index contributed by atoms with van der Waals surface area (Å²) in [5.74, 6) is 1.85. The van der Waals surface area contributed by atoms with Crippen molar-refractivity contribution >= 4 is 40.6 Å². The number of thioether (sulfide) groups is 1. The van der Waals surface area contributed by atoms with E-state index in [1.807, 2.05) is 0 Å². The number of carbonyl (C=O) groups excluding carboxylic acids is 2. The third kappa shape index (κ3) is 3.73. The third-order valence-corrected chi connectivity index (χ3v) is 5.73. The highest BCUT2D eigenvalue weighted by molar-refractivity contribution is 8.18. The summed E-state index contributed by atoms with van der Waals surface area (Å²) >= 11 is 7.15. The van der Waals surface area contributed by atoms with E-state index < -0.39 is 5.91 Å². The molecule has 2 aliphatic heterocycles.